The molecule has 3 aromatic rings. The summed E-state index contributed by atoms with van der Waals surface area (Å²) < 4.78 is 83.5. The highest BCUT2D eigenvalue weighted by Gasteiger charge is 2.45. The lowest BCUT2D eigenvalue weighted by molar-refractivity contribution is -0.0936. The first kappa shape index (κ1) is 17.9. The first-order chi connectivity index (χ1) is 17.4. The first-order valence-electron chi connectivity index (χ1n) is 12.3. The van der Waals surface area contributed by atoms with Crippen LogP contribution in [0.25, 0.3) is 11.0 Å². The topological polar surface area (TPSA) is 47.4 Å². The number of carbonyl (C=O) groups is 1. The summed E-state index contributed by atoms with van der Waals surface area (Å²) in [5.74, 6) is 1.99. The zero-order valence-corrected chi connectivity index (χ0v) is 17.6. The number of carbonyl (C=O) groups excluding carboxylic acids is 1. The molecular weight excluding hydrogens is 450 g/mol. The maximum absolute atomic E-state index is 13.4. The third-order valence-corrected chi connectivity index (χ3v) is 6.66. The number of hydrogen-bond acceptors (Lipinski definition) is 3. The van der Waals surface area contributed by atoms with Crippen molar-refractivity contribution in [2.75, 3.05) is 6.98 Å². The number of imidazole rings is 1. The smallest absolute Gasteiger partial charge is 0.387 e. The second-order valence-electron chi connectivity index (χ2n) is 8.81. The molecule has 3 aliphatic rings. The number of alkyl halides is 4. The lowest BCUT2D eigenvalue weighted by Crippen LogP contribution is -2.34. The first-order valence-corrected chi connectivity index (χ1v) is 10.8. The van der Waals surface area contributed by atoms with Crippen LogP contribution in [-0.4, -0.2) is 39.9 Å². The van der Waals surface area contributed by atoms with Crippen LogP contribution in [0.1, 0.15) is 62.8 Å². The fourth-order valence-electron chi connectivity index (χ4n) is 5.14. The Balaban J connectivity index is 1.52. The van der Waals surface area contributed by atoms with Gasteiger partial charge in [0, 0.05) is 53.0 Å². The minimum absolute atomic E-state index is 0.0314. The molecule has 6 rings (SSSR count). The number of ether oxygens (including phenoxy) is 1. The van der Waals surface area contributed by atoms with Gasteiger partial charge < -0.3 is 14.2 Å². The average molecular weight is 472 g/mol. The maximum atomic E-state index is 13.4. The molecule has 0 radical (unpaired) electrons. The van der Waals surface area contributed by atoms with Crippen molar-refractivity contribution in [3.63, 3.8) is 0 Å². The molecule has 2 atom stereocenters. The predicted octanol–water partition coefficient (Wildman–Crippen LogP) is 5.15. The van der Waals surface area contributed by atoms with Gasteiger partial charge in [0.15, 0.2) is 0 Å². The largest absolute Gasteiger partial charge is 0.434 e. The predicted molar refractivity (Wildman–Crippen MR) is 115 cm³/mol. The van der Waals surface area contributed by atoms with E-state index >= 15 is 0 Å². The maximum Gasteiger partial charge on any atom is 0.387 e. The van der Waals surface area contributed by atoms with Crippen LogP contribution in [0, 0.1) is 17.8 Å². The number of amides is 1. The van der Waals surface area contributed by atoms with Crippen LogP contribution < -0.4 is 4.74 Å². The molecule has 0 unspecified atom stereocenters. The number of nitrogens with zero attached hydrogens (tertiary/aromatic N) is 3. The molecule has 1 aliphatic carbocycles. The minimum atomic E-state index is -3.15. The van der Waals surface area contributed by atoms with Crippen LogP contribution in [0.3, 0.4) is 0 Å². The highest BCUT2D eigenvalue weighted by atomic mass is 19.3. The second-order valence-corrected chi connectivity index (χ2v) is 8.81. The van der Waals surface area contributed by atoms with E-state index in [-0.39, 0.29) is 36.1 Å². The summed E-state index contributed by atoms with van der Waals surface area (Å²) in [7, 11) is 0. The van der Waals surface area contributed by atoms with Crippen LogP contribution in [0.15, 0.2) is 36.4 Å². The average Bonchev–Trinajstić information content (AvgIpc) is 3.28. The van der Waals surface area contributed by atoms with Gasteiger partial charge in [-0.15, -0.1) is 0 Å². The Bertz CT molecular complexity index is 1500. The van der Waals surface area contributed by atoms with Gasteiger partial charge in [0.1, 0.15) is 11.6 Å². The zero-order chi connectivity index (χ0) is 26.3. The van der Waals surface area contributed by atoms with Gasteiger partial charge in [-0.05, 0) is 30.3 Å². The molecule has 2 aromatic carbocycles. The van der Waals surface area contributed by atoms with Gasteiger partial charge in [0.05, 0.1) is 23.1 Å². The van der Waals surface area contributed by atoms with Gasteiger partial charge in [0.25, 0.3) is 11.8 Å². The number of halogens is 4. The molecule has 0 saturated heterocycles. The van der Waals surface area contributed by atoms with Gasteiger partial charge >= 0.3 is 6.61 Å². The van der Waals surface area contributed by atoms with E-state index in [1.54, 1.807) is 22.8 Å². The zero-order valence-electron chi connectivity index (χ0n) is 20.6. The summed E-state index contributed by atoms with van der Waals surface area (Å²) in [6.45, 7) is -5.97. The van der Waals surface area contributed by atoms with E-state index in [4.69, 9.17) is 8.85 Å². The van der Waals surface area contributed by atoms with Crippen LogP contribution >= 0.6 is 0 Å². The Morgan fingerprint density at radius 3 is 2.79 bits per heavy atom. The molecule has 174 valence electrons. The third kappa shape index (κ3) is 3.16. The molecule has 5 nitrogen and oxygen atoms in total. The molecule has 3 heterocycles. The lowest BCUT2D eigenvalue weighted by Gasteiger charge is -2.31. The summed E-state index contributed by atoms with van der Waals surface area (Å²) in [5, 5.41) is 0. The number of rotatable bonds is 2. The van der Waals surface area contributed by atoms with Crippen molar-refractivity contribution in [3.8, 4) is 17.6 Å². The summed E-state index contributed by atoms with van der Waals surface area (Å²) in [6, 6.07) is 7.52. The van der Waals surface area contributed by atoms with E-state index in [9.17, 15) is 22.4 Å². The van der Waals surface area contributed by atoms with Gasteiger partial charge in [-0.25, -0.2) is 13.8 Å². The quantitative estimate of drug-likeness (QED) is 0.383. The Morgan fingerprint density at radius 2 is 2.06 bits per heavy atom. The summed E-state index contributed by atoms with van der Waals surface area (Å²) in [4.78, 5) is 18.8. The minimum Gasteiger partial charge on any atom is -0.434 e. The number of aromatic nitrogens is 2. The van der Waals surface area contributed by atoms with E-state index in [1.165, 1.54) is 18.2 Å². The van der Waals surface area contributed by atoms with Crippen molar-refractivity contribution in [2.45, 2.75) is 43.9 Å². The molecule has 1 amide bonds. The van der Waals surface area contributed by atoms with E-state index < -0.39 is 43.4 Å². The van der Waals surface area contributed by atoms with Crippen molar-refractivity contribution in [3.05, 3.63) is 58.9 Å². The second kappa shape index (κ2) is 7.23. The van der Waals surface area contributed by atoms with Gasteiger partial charge in [-0.3, -0.25) is 4.79 Å². The monoisotopic (exact) mass is 472 g/mol. The van der Waals surface area contributed by atoms with E-state index in [0.717, 1.165) is 4.90 Å². The summed E-state index contributed by atoms with van der Waals surface area (Å²) in [6.07, 6.45) is -0.459. The Labute approximate surface area is 196 Å². The van der Waals surface area contributed by atoms with Gasteiger partial charge in [0.2, 0.25) is 0 Å². The van der Waals surface area contributed by atoms with E-state index in [0.29, 0.717) is 22.4 Å². The fraction of sp³-hybridized carbons (Fsp3) is 0.360. The summed E-state index contributed by atoms with van der Waals surface area (Å²) >= 11 is 0. The van der Waals surface area contributed by atoms with Crippen molar-refractivity contribution >= 4 is 16.9 Å². The highest BCUT2D eigenvalue weighted by Crippen LogP contribution is 2.50. The lowest BCUT2D eigenvalue weighted by atomic mass is 9.82. The Hall–Kier alpha value is -3.54. The third-order valence-electron chi connectivity index (χ3n) is 6.66. The standard InChI is InChI=1S/C25H19F4N3O2/c1-31-19-10-18(21-15(23(31)33)3-2-4-20(21)34-24(26)27)32-17-9-13(7-8-16(17)30-22(19)32)5-6-14-11-25(28,29)12-14/h2-4,7-9,14,18-19,24H,10-12H2,1H3/t18-,19-/m1/s1/i1D3. The molecule has 34 heavy (non-hydrogen) atoms. The highest BCUT2D eigenvalue weighted by molar-refractivity contribution is 5.97. The molecule has 1 fully saturated rings. The molecule has 1 saturated carbocycles. The normalized spacial score (nSPS) is 24.3. The number of hydrogen-bond donors (Lipinski definition) is 0. The number of benzene rings is 2. The van der Waals surface area contributed by atoms with Crippen LogP contribution in [0.2, 0.25) is 0 Å². The van der Waals surface area contributed by atoms with E-state index in [1.807, 2.05) is 0 Å². The van der Waals surface area contributed by atoms with Crippen molar-refractivity contribution in [2.24, 2.45) is 5.92 Å². The summed E-state index contributed by atoms with van der Waals surface area (Å²) in [5.41, 5.74) is 1.74. The Morgan fingerprint density at radius 1 is 1.24 bits per heavy atom. The molecule has 1 aromatic heterocycles. The molecule has 9 heteroatoms. The molecule has 0 N–H and O–H groups in total. The van der Waals surface area contributed by atoms with Crippen LogP contribution in [0.4, 0.5) is 17.6 Å². The van der Waals surface area contributed by atoms with Gasteiger partial charge in [-0.2, -0.15) is 8.78 Å². The van der Waals surface area contributed by atoms with Crippen LogP contribution in [0.5, 0.6) is 5.75 Å². The van der Waals surface area contributed by atoms with Crippen molar-refractivity contribution < 1.29 is 31.2 Å². The SMILES string of the molecule is [2H]C([2H])([2H])N1C(=O)c2cccc(OC(F)F)c2[C@H]2C[C@@H]1c1nc3ccc(C#CC4CC(F)(F)C4)cc3n12. The van der Waals surface area contributed by atoms with Gasteiger partial charge in [-0.1, -0.05) is 17.9 Å². The van der Waals surface area contributed by atoms with E-state index in [2.05, 4.69) is 16.8 Å². The molecule has 2 aliphatic heterocycles. The van der Waals surface area contributed by atoms with Crippen molar-refractivity contribution in [1.29, 1.82) is 0 Å². The molecule has 2 bridgehead atoms. The van der Waals surface area contributed by atoms with Crippen molar-refractivity contribution in [1.82, 2.24) is 14.5 Å². The Kier molecular flexibility index (Phi) is 3.80. The fourth-order valence-corrected chi connectivity index (χ4v) is 5.14. The molecular formula is C25H19F4N3O2. The molecule has 0 spiro atoms. The van der Waals surface area contributed by atoms with Crippen LogP contribution in [-0.2, 0) is 0 Å². The number of fused-ring (bicyclic) bond motifs is 9.